The van der Waals surface area contributed by atoms with Gasteiger partial charge in [0.05, 0.1) is 17.3 Å². The molecular formula is C36H22N2O. The lowest BCUT2D eigenvalue weighted by Gasteiger charge is -2.11. The van der Waals surface area contributed by atoms with E-state index in [9.17, 15) is 5.26 Å². The molecule has 0 aliphatic rings. The summed E-state index contributed by atoms with van der Waals surface area (Å²) in [6.45, 7) is 0. The summed E-state index contributed by atoms with van der Waals surface area (Å²) in [4.78, 5) is 4.74. The summed E-state index contributed by atoms with van der Waals surface area (Å²) < 4.78 is 6.67. The molecule has 0 bridgehead atoms. The summed E-state index contributed by atoms with van der Waals surface area (Å²) in [7, 11) is 0. The number of hydrogen-bond acceptors (Lipinski definition) is 3. The zero-order valence-electron chi connectivity index (χ0n) is 21.0. The van der Waals surface area contributed by atoms with E-state index in [0.717, 1.165) is 66.6 Å². The van der Waals surface area contributed by atoms with E-state index in [1.807, 2.05) is 48.7 Å². The van der Waals surface area contributed by atoms with Crippen molar-refractivity contribution in [2.24, 2.45) is 0 Å². The number of para-hydroxylation sites is 2. The number of rotatable bonds is 4. The fourth-order valence-electron chi connectivity index (χ4n) is 5.36. The molecule has 0 saturated carbocycles. The number of fused-ring (bicyclic) bond motifs is 3. The van der Waals surface area contributed by atoms with E-state index in [1.54, 1.807) is 0 Å². The third-order valence-corrected chi connectivity index (χ3v) is 7.22. The maximum atomic E-state index is 9.51. The molecular weight excluding hydrogens is 476 g/mol. The van der Waals surface area contributed by atoms with E-state index in [0.29, 0.717) is 5.56 Å². The molecule has 0 atom stereocenters. The molecule has 2 heterocycles. The van der Waals surface area contributed by atoms with Crippen LogP contribution in [0.2, 0.25) is 0 Å². The Kier molecular flexibility index (Phi) is 5.50. The van der Waals surface area contributed by atoms with Gasteiger partial charge in [0.1, 0.15) is 11.2 Å². The number of nitrogens with zero attached hydrogens (tertiary/aromatic N) is 2. The van der Waals surface area contributed by atoms with Crippen molar-refractivity contribution in [1.82, 2.24) is 4.98 Å². The predicted molar refractivity (Wildman–Crippen MR) is 158 cm³/mol. The van der Waals surface area contributed by atoms with Gasteiger partial charge >= 0.3 is 0 Å². The molecule has 0 N–H and O–H groups in total. The summed E-state index contributed by atoms with van der Waals surface area (Å²) in [5.74, 6) is 0. The second-order valence-electron chi connectivity index (χ2n) is 9.47. The molecule has 3 nitrogen and oxygen atoms in total. The van der Waals surface area contributed by atoms with Gasteiger partial charge in [0.25, 0.3) is 0 Å². The zero-order chi connectivity index (χ0) is 26.2. The lowest BCUT2D eigenvalue weighted by Crippen LogP contribution is -1.90. The molecule has 0 radical (unpaired) electrons. The number of pyridine rings is 1. The van der Waals surface area contributed by atoms with Crippen LogP contribution in [0, 0.1) is 11.3 Å². The van der Waals surface area contributed by atoms with E-state index in [-0.39, 0.29) is 0 Å². The molecule has 3 heteroatoms. The fraction of sp³-hybridized carbons (Fsp3) is 0. The molecule has 7 aromatic rings. The second kappa shape index (κ2) is 9.45. The van der Waals surface area contributed by atoms with Crippen LogP contribution in [0.15, 0.2) is 138 Å². The first kappa shape index (κ1) is 22.7. The number of nitriles is 1. The van der Waals surface area contributed by atoms with E-state index in [2.05, 4.69) is 91.0 Å². The van der Waals surface area contributed by atoms with Gasteiger partial charge < -0.3 is 4.42 Å². The first-order valence-corrected chi connectivity index (χ1v) is 12.9. The fourth-order valence-corrected chi connectivity index (χ4v) is 5.36. The first-order valence-electron chi connectivity index (χ1n) is 12.9. The molecule has 2 aromatic heterocycles. The van der Waals surface area contributed by atoms with Crippen LogP contribution in [0.5, 0.6) is 0 Å². The Morgan fingerprint density at radius 2 is 1.10 bits per heavy atom. The van der Waals surface area contributed by atoms with Crippen molar-refractivity contribution in [3.63, 3.8) is 0 Å². The van der Waals surface area contributed by atoms with Crippen LogP contribution in [0.25, 0.3) is 66.6 Å². The van der Waals surface area contributed by atoms with Crippen LogP contribution in [-0.2, 0) is 0 Å². The van der Waals surface area contributed by atoms with Crippen molar-refractivity contribution in [3.8, 4) is 50.7 Å². The largest absolute Gasteiger partial charge is 0.455 e. The van der Waals surface area contributed by atoms with E-state index < -0.39 is 0 Å². The van der Waals surface area contributed by atoms with Crippen LogP contribution < -0.4 is 0 Å². The van der Waals surface area contributed by atoms with Crippen LogP contribution >= 0.6 is 0 Å². The van der Waals surface area contributed by atoms with Crippen LogP contribution in [0.1, 0.15) is 5.56 Å². The molecule has 0 fully saturated rings. The highest BCUT2D eigenvalue weighted by Crippen LogP contribution is 2.42. The minimum Gasteiger partial charge on any atom is -0.455 e. The molecule has 0 aliphatic heterocycles. The summed E-state index contributed by atoms with van der Waals surface area (Å²) in [6, 6.07) is 45.3. The molecule has 0 spiro atoms. The Labute approximate surface area is 226 Å². The third-order valence-electron chi connectivity index (χ3n) is 7.22. The summed E-state index contributed by atoms with van der Waals surface area (Å²) in [5, 5.41) is 11.7. The highest BCUT2D eigenvalue weighted by molar-refractivity contribution is 6.13. The highest BCUT2D eigenvalue weighted by Gasteiger charge is 2.17. The topological polar surface area (TPSA) is 49.8 Å². The van der Waals surface area contributed by atoms with E-state index in [4.69, 9.17) is 9.40 Å². The Hall–Kier alpha value is -5.46. The highest BCUT2D eigenvalue weighted by atomic mass is 16.3. The molecule has 182 valence electrons. The van der Waals surface area contributed by atoms with Crippen molar-refractivity contribution in [3.05, 3.63) is 139 Å². The van der Waals surface area contributed by atoms with Crippen LogP contribution in [0.3, 0.4) is 0 Å². The normalized spacial score (nSPS) is 11.1. The van der Waals surface area contributed by atoms with Crippen molar-refractivity contribution < 1.29 is 4.42 Å². The van der Waals surface area contributed by atoms with Crippen molar-refractivity contribution >= 4 is 21.9 Å². The van der Waals surface area contributed by atoms with Gasteiger partial charge in [-0.3, -0.25) is 4.98 Å². The molecule has 0 unspecified atom stereocenters. The SMILES string of the molecule is N#Cc1ccccc1-c1ccc(-c2ccccc2-c2cccc3c2oc2c(-c4ccccc4)cccc23)cn1. The summed E-state index contributed by atoms with van der Waals surface area (Å²) >= 11 is 0. The number of furan rings is 1. The lowest BCUT2D eigenvalue weighted by molar-refractivity contribution is 0.671. The summed E-state index contributed by atoms with van der Waals surface area (Å²) in [6.07, 6.45) is 1.88. The maximum Gasteiger partial charge on any atom is 0.143 e. The Morgan fingerprint density at radius 3 is 1.82 bits per heavy atom. The van der Waals surface area contributed by atoms with Gasteiger partial charge in [0.2, 0.25) is 0 Å². The Morgan fingerprint density at radius 1 is 0.487 bits per heavy atom. The van der Waals surface area contributed by atoms with Gasteiger partial charge in [0, 0.05) is 39.2 Å². The number of hydrogen-bond donors (Lipinski definition) is 0. The minimum absolute atomic E-state index is 0.615. The average molecular weight is 499 g/mol. The molecule has 0 saturated heterocycles. The second-order valence-corrected chi connectivity index (χ2v) is 9.47. The average Bonchev–Trinajstić information content (AvgIpc) is 3.41. The van der Waals surface area contributed by atoms with Gasteiger partial charge in [-0.1, -0.05) is 115 Å². The standard InChI is InChI=1S/C36H22N2O/c37-22-25-12-4-5-14-28(25)34-21-20-26(23-38-34)27-13-6-7-15-30(27)31-17-9-19-33-32-18-8-16-29(35(32)39-36(31)33)24-10-2-1-3-11-24/h1-21,23H. The van der Waals surface area contributed by atoms with Crippen LogP contribution in [0.4, 0.5) is 0 Å². The monoisotopic (exact) mass is 498 g/mol. The van der Waals surface area contributed by atoms with Crippen molar-refractivity contribution in [2.75, 3.05) is 0 Å². The number of aromatic nitrogens is 1. The van der Waals surface area contributed by atoms with E-state index in [1.165, 1.54) is 0 Å². The zero-order valence-corrected chi connectivity index (χ0v) is 21.0. The van der Waals surface area contributed by atoms with Gasteiger partial charge in [-0.15, -0.1) is 0 Å². The van der Waals surface area contributed by atoms with Crippen molar-refractivity contribution in [2.45, 2.75) is 0 Å². The van der Waals surface area contributed by atoms with Gasteiger partial charge in [-0.2, -0.15) is 5.26 Å². The van der Waals surface area contributed by atoms with E-state index >= 15 is 0 Å². The molecule has 7 rings (SSSR count). The Bertz CT molecular complexity index is 2010. The van der Waals surface area contributed by atoms with Gasteiger partial charge in [-0.05, 0) is 28.8 Å². The van der Waals surface area contributed by atoms with Crippen molar-refractivity contribution in [1.29, 1.82) is 5.26 Å². The molecule has 0 amide bonds. The van der Waals surface area contributed by atoms with Gasteiger partial charge in [-0.25, -0.2) is 0 Å². The maximum absolute atomic E-state index is 9.51. The Balaban J connectivity index is 1.38. The molecule has 0 aliphatic carbocycles. The van der Waals surface area contributed by atoms with Gasteiger partial charge in [0.15, 0.2) is 0 Å². The minimum atomic E-state index is 0.615. The van der Waals surface area contributed by atoms with Crippen LogP contribution in [-0.4, -0.2) is 4.98 Å². The molecule has 5 aromatic carbocycles. The third kappa shape index (κ3) is 3.87. The molecule has 39 heavy (non-hydrogen) atoms. The number of benzene rings is 5. The summed E-state index contributed by atoms with van der Waals surface area (Å²) in [5.41, 5.74) is 10.4. The predicted octanol–water partition coefficient (Wildman–Crippen LogP) is 9.52. The smallest absolute Gasteiger partial charge is 0.143 e. The lowest BCUT2D eigenvalue weighted by atomic mass is 9.93. The first-order chi connectivity index (χ1) is 19.3. The quantitative estimate of drug-likeness (QED) is 0.243.